The standard InChI is InChI=1S/C17H21N5O.2C2HF3O2/c1-20-11-13(10-19-20)17(23)22-9-6-15-16(22)5-8-21(15)12-14-4-2-3-7-18-14;2*3-2(4,5)1(6)7/h2-4,7,10-11,15-16H,5-6,8-9,12H2,1H3;2*(H,6,7)/t15-,16+;;/m1../s1. The summed E-state index contributed by atoms with van der Waals surface area (Å²) in [6.07, 6.45) is -2.77. The van der Waals surface area contributed by atoms with Gasteiger partial charge in [-0.05, 0) is 25.0 Å². The Morgan fingerprint density at radius 3 is 2.00 bits per heavy atom. The summed E-state index contributed by atoms with van der Waals surface area (Å²) in [4.78, 5) is 39.4. The third-order valence-electron chi connectivity index (χ3n) is 5.48. The number of carboxylic acid groups (broad SMARTS) is 2. The molecule has 0 radical (unpaired) electrons. The van der Waals surface area contributed by atoms with Crippen LogP contribution in [0.5, 0.6) is 0 Å². The van der Waals surface area contributed by atoms with Crippen molar-refractivity contribution in [2.45, 2.75) is 43.8 Å². The molecular formula is C21H23F6N5O5. The zero-order chi connectivity index (χ0) is 28.0. The predicted molar refractivity (Wildman–Crippen MR) is 113 cm³/mol. The quantitative estimate of drug-likeness (QED) is 0.570. The summed E-state index contributed by atoms with van der Waals surface area (Å²) in [5.41, 5.74) is 1.79. The van der Waals surface area contributed by atoms with Crippen LogP contribution in [-0.4, -0.2) is 90.1 Å². The van der Waals surface area contributed by atoms with Gasteiger partial charge in [0.15, 0.2) is 0 Å². The van der Waals surface area contributed by atoms with Crippen LogP contribution in [0.1, 0.15) is 28.9 Å². The molecule has 37 heavy (non-hydrogen) atoms. The highest BCUT2D eigenvalue weighted by Crippen LogP contribution is 2.33. The van der Waals surface area contributed by atoms with Crippen LogP contribution in [0.3, 0.4) is 0 Å². The van der Waals surface area contributed by atoms with Gasteiger partial charge in [0.05, 0.1) is 17.5 Å². The number of amides is 1. The Balaban J connectivity index is 0.000000286. The number of hydrogen-bond donors (Lipinski definition) is 2. The average molecular weight is 539 g/mol. The number of likely N-dealkylation sites (tertiary alicyclic amines) is 2. The number of carboxylic acids is 2. The number of aryl methyl sites for hydroxylation is 1. The molecule has 16 heteroatoms. The molecule has 1 amide bonds. The zero-order valence-corrected chi connectivity index (χ0v) is 19.3. The summed E-state index contributed by atoms with van der Waals surface area (Å²) in [5.74, 6) is -5.40. The number of alkyl halides is 6. The van der Waals surface area contributed by atoms with E-state index in [-0.39, 0.29) is 5.91 Å². The molecule has 2 aliphatic heterocycles. The minimum atomic E-state index is -5.08. The van der Waals surface area contributed by atoms with Crippen LogP contribution in [0.15, 0.2) is 36.8 Å². The van der Waals surface area contributed by atoms with Crippen LogP contribution < -0.4 is 0 Å². The Bertz CT molecular complexity index is 1050. The molecule has 0 saturated carbocycles. The molecule has 10 nitrogen and oxygen atoms in total. The fourth-order valence-electron chi connectivity index (χ4n) is 3.92. The van der Waals surface area contributed by atoms with E-state index >= 15 is 0 Å². The molecule has 2 aromatic rings. The van der Waals surface area contributed by atoms with Gasteiger partial charge in [0.25, 0.3) is 5.91 Å². The van der Waals surface area contributed by atoms with Crippen LogP contribution in [0, 0.1) is 0 Å². The molecule has 2 saturated heterocycles. The van der Waals surface area contributed by atoms with Gasteiger partial charge < -0.3 is 15.1 Å². The van der Waals surface area contributed by atoms with Gasteiger partial charge >= 0.3 is 24.3 Å². The molecule has 0 aromatic carbocycles. The second kappa shape index (κ2) is 12.0. The highest BCUT2D eigenvalue weighted by molar-refractivity contribution is 5.94. The topological polar surface area (TPSA) is 129 Å². The summed E-state index contributed by atoms with van der Waals surface area (Å²) >= 11 is 0. The lowest BCUT2D eigenvalue weighted by Crippen LogP contribution is -2.39. The first-order chi connectivity index (χ1) is 17.1. The van der Waals surface area contributed by atoms with Crippen LogP contribution in [0.4, 0.5) is 26.3 Å². The van der Waals surface area contributed by atoms with Crippen molar-refractivity contribution in [3.05, 3.63) is 48.0 Å². The van der Waals surface area contributed by atoms with Crippen LogP contribution in [0.2, 0.25) is 0 Å². The Hall–Kier alpha value is -3.69. The number of pyridine rings is 1. The molecular weight excluding hydrogens is 516 g/mol. The van der Waals surface area contributed by atoms with Gasteiger partial charge in [0.1, 0.15) is 0 Å². The number of fused-ring (bicyclic) bond motifs is 1. The summed E-state index contributed by atoms with van der Waals surface area (Å²) < 4.78 is 65.2. The SMILES string of the molecule is Cn1cc(C(=O)N2CC[C@@H]3[C@@H]2CCN3Cc2ccccn2)cn1.O=C(O)C(F)(F)F.O=C(O)C(F)(F)F. The fourth-order valence-corrected chi connectivity index (χ4v) is 3.92. The molecule has 2 aromatic heterocycles. The lowest BCUT2D eigenvalue weighted by Gasteiger charge is -2.25. The van der Waals surface area contributed by atoms with Gasteiger partial charge in [0.2, 0.25) is 0 Å². The lowest BCUT2D eigenvalue weighted by molar-refractivity contribution is -0.193. The van der Waals surface area contributed by atoms with Gasteiger partial charge in [-0.25, -0.2) is 9.59 Å². The molecule has 204 valence electrons. The van der Waals surface area contributed by atoms with Gasteiger partial charge in [-0.3, -0.25) is 19.4 Å². The highest BCUT2D eigenvalue weighted by atomic mass is 19.4. The minimum absolute atomic E-state index is 0.116. The number of nitrogens with zero attached hydrogens (tertiary/aromatic N) is 5. The maximum absolute atomic E-state index is 12.7. The molecule has 0 bridgehead atoms. The first kappa shape index (κ1) is 29.5. The van der Waals surface area contributed by atoms with Crippen LogP contribution in [0.25, 0.3) is 0 Å². The molecule has 0 aliphatic carbocycles. The second-order valence-electron chi connectivity index (χ2n) is 8.01. The Morgan fingerprint density at radius 2 is 1.54 bits per heavy atom. The number of carbonyl (C=O) groups excluding carboxylic acids is 1. The number of halogens is 6. The number of aromatic nitrogens is 3. The molecule has 2 N–H and O–H groups in total. The van der Waals surface area contributed by atoms with Crippen molar-refractivity contribution in [1.82, 2.24) is 24.6 Å². The molecule has 0 unspecified atom stereocenters. The molecule has 4 heterocycles. The van der Waals surface area contributed by atoms with Crippen molar-refractivity contribution < 1.29 is 50.9 Å². The van der Waals surface area contributed by atoms with E-state index in [1.54, 1.807) is 17.1 Å². The molecule has 4 rings (SSSR count). The van der Waals surface area contributed by atoms with Crippen molar-refractivity contribution in [2.24, 2.45) is 7.05 Å². The second-order valence-corrected chi connectivity index (χ2v) is 8.01. The normalized spacial score (nSPS) is 19.3. The number of rotatable bonds is 3. The van der Waals surface area contributed by atoms with Crippen LogP contribution >= 0.6 is 0 Å². The van der Waals surface area contributed by atoms with E-state index in [1.165, 1.54) is 0 Å². The molecule has 2 aliphatic rings. The van der Waals surface area contributed by atoms with E-state index < -0.39 is 24.3 Å². The Kier molecular flexibility index (Phi) is 9.61. The largest absolute Gasteiger partial charge is 0.490 e. The van der Waals surface area contributed by atoms with Gasteiger partial charge in [0, 0.05) is 51.2 Å². The lowest BCUT2D eigenvalue weighted by atomic mass is 10.1. The van der Waals surface area contributed by atoms with Gasteiger partial charge in [-0.15, -0.1) is 0 Å². The third-order valence-corrected chi connectivity index (χ3v) is 5.48. The number of carbonyl (C=O) groups is 3. The van der Waals surface area contributed by atoms with Crippen molar-refractivity contribution >= 4 is 17.8 Å². The first-order valence-corrected chi connectivity index (χ1v) is 10.6. The smallest absolute Gasteiger partial charge is 0.475 e. The minimum Gasteiger partial charge on any atom is -0.475 e. The summed E-state index contributed by atoms with van der Waals surface area (Å²) in [6.45, 7) is 2.74. The summed E-state index contributed by atoms with van der Waals surface area (Å²) in [5, 5.41) is 18.4. The van der Waals surface area contributed by atoms with Crippen molar-refractivity contribution in [2.75, 3.05) is 13.1 Å². The van der Waals surface area contributed by atoms with E-state index in [4.69, 9.17) is 19.8 Å². The van der Waals surface area contributed by atoms with Crippen molar-refractivity contribution in [3.63, 3.8) is 0 Å². The summed E-state index contributed by atoms with van der Waals surface area (Å²) in [6, 6.07) is 6.83. The zero-order valence-electron chi connectivity index (χ0n) is 19.3. The summed E-state index contributed by atoms with van der Waals surface area (Å²) in [7, 11) is 1.84. The van der Waals surface area contributed by atoms with Crippen molar-refractivity contribution in [3.8, 4) is 0 Å². The molecule has 2 atom stereocenters. The Labute approximate surface area is 206 Å². The van der Waals surface area contributed by atoms with E-state index in [1.807, 2.05) is 30.3 Å². The maximum Gasteiger partial charge on any atom is 0.490 e. The number of aliphatic carboxylic acids is 2. The molecule has 2 fully saturated rings. The van der Waals surface area contributed by atoms with Crippen LogP contribution in [-0.2, 0) is 23.2 Å². The molecule has 0 spiro atoms. The monoisotopic (exact) mass is 539 g/mol. The highest BCUT2D eigenvalue weighted by Gasteiger charge is 2.44. The van der Waals surface area contributed by atoms with E-state index in [0.717, 1.165) is 38.2 Å². The number of hydrogen-bond acceptors (Lipinski definition) is 6. The predicted octanol–water partition coefficient (Wildman–Crippen LogP) is 2.57. The fraction of sp³-hybridized carbons (Fsp3) is 0.476. The Morgan fingerprint density at radius 1 is 0.973 bits per heavy atom. The van der Waals surface area contributed by atoms with E-state index in [2.05, 4.69) is 21.0 Å². The van der Waals surface area contributed by atoms with E-state index in [0.29, 0.717) is 17.6 Å². The average Bonchev–Trinajstić information content (AvgIpc) is 3.51. The third kappa shape index (κ3) is 8.44. The van der Waals surface area contributed by atoms with Gasteiger partial charge in [-0.1, -0.05) is 6.07 Å². The van der Waals surface area contributed by atoms with Gasteiger partial charge in [-0.2, -0.15) is 31.4 Å². The van der Waals surface area contributed by atoms with E-state index in [9.17, 15) is 31.1 Å². The maximum atomic E-state index is 12.7. The first-order valence-electron chi connectivity index (χ1n) is 10.6. The van der Waals surface area contributed by atoms with Crippen molar-refractivity contribution in [1.29, 1.82) is 0 Å².